The molecule has 22 heavy (non-hydrogen) atoms. The molecule has 0 aliphatic carbocycles. The number of rotatable bonds is 3. The fraction of sp³-hybridized carbons (Fsp3) is 0.500. The van der Waals surface area contributed by atoms with Gasteiger partial charge < -0.3 is 9.32 Å². The Morgan fingerprint density at radius 1 is 1.50 bits per heavy atom. The highest BCUT2D eigenvalue weighted by atomic mass is 16.4. The highest BCUT2D eigenvalue weighted by Crippen LogP contribution is 2.26. The predicted molar refractivity (Wildman–Crippen MR) is 80.5 cm³/mol. The molecule has 6 heteroatoms. The monoisotopic (exact) mass is 300 g/mol. The maximum Gasteiger partial charge on any atom is 0.291 e. The van der Waals surface area contributed by atoms with Crippen molar-refractivity contribution in [3.8, 4) is 0 Å². The van der Waals surface area contributed by atoms with E-state index < -0.39 is 0 Å². The van der Waals surface area contributed by atoms with E-state index in [1.54, 1.807) is 12.5 Å². The molecule has 6 nitrogen and oxygen atoms in total. The lowest BCUT2D eigenvalue weighted by atomic mass is 9.94. The Hall–Kier alpha value is -2.24. The zero-order valence-corrected chi connectivity index (χ0v) is 13.0. The number of aryl methyl sites for hydroxylation is 2. The summed E-state index contributed by atoms with van der Waals surface area (Å²) in [4.78, 5) is 27.1. The van der Waals surface area contributed by atoms with Gasteiger partial charge in [0, 0.05) is 37.3 Å². The summed E-state index contributed by atoms with van der Waals surface area (Å²) in [7, 11) is 0. The van der Waals surface area contributed by atoms with Crippen LogP contribution in [-0.4, -0.2) is 38.8 Å². The third-order valence-corrected chi connectivity index (χ3v) is 4.07. The van der Waals surface area contributed by atoms with Crippen LogP contribution in [0, 0.1) is 6.92 Å². The van der Waals surface area contributed by atoms with E-state index in [2.05, 4.69) is 15.0 Å². The highest BCUT2D eigenvalue weighted by Gasteiger charge is 2.29. The minimum absolute atomic E-state index is 0.0662. The average molecular weight is 300 g/mol. The van der Waals surface area contributed by atoms with Gasteiger partial charge in [0.25, 0.3) is 5.91 Å². The third-order valence-electron chi connectivity index (χ3n) is 4.07. The van der Waals surface area contributed by atoms with Gasteiger partial charge in [-0.1, -0.05) is 6.92 Å². The van der Waals surface area contributed by atoms with Gasteiger partial charge in [-0.15, -0.1) is 0 Å². The Bertz CT molecular complexity index is 653. The minimum Gasteiger partial charge on any atom is -0.435 e. The summed E-state index contributed by atoms with van der Waals surface area (Å²) in [6, 6.07) is 1.92. The molecule has 0 N–H and O–H groups in total. The Morgan fingerprint density at radius 3 is 3.05 bits per heavy atom. The number of piperidine rings is 1. The summed E-state index contributed by atoms with van der Waals surface area (Å²) >= 11 is 0. The predicted octanol–water partition coefficient (Wildman–Crippen LogP) is 2.36. The summed E-state index contributed by atoms with van der Waals surface area (Å²) in [5.41, 5.74) is 1.67. The molecule has 0 radical (unpaired) electrons. The minimum atomic E-state index is -0.0662. The van der Waals surface area contributed by atoms with Gasteiger partial charge in [-0.05, 0) is 25.8 Å². The zero-order valence-electron chi connectivity index (χ0n) is 13.0. The Kier molecular flexibility index (Phi) is 4.18. The molecule has 3 heterocycles. The number of hydrogen-bond donors (Lipinski definition) is 0. The number of carbonyl (C=O) groups excluding carboxylic acids is 1. The van der Waals surface area contributed by atoms with Crippen molar-refractivity contribution in [2.24, 2.45) is 0 Å². The number of amides is 1. The molecule has 2 aromatic rings. The van der Waals surface area contributed by atoms with Crippen molar-refractivity contribution in [3.05, 3.63) is 41.6 Å². The second kappa shape index (κ2) is 6.25. The van der Waals surface area contributed by atoms with Gasteiger partial charge in [0.05, 0.1) is 5.69 Å². The molecule has 1 aliphatic rings. The topological polar surface area (TPSA) is 72.1 Å². The van der Waals surface area contributed by atoms with Crippen LogP contribution >= 0.6 is 0 Å². The fourth-order valence-corrected chi connectivity index (χ4v) is 2.89. The molecular formula is C16H20N4O2. The molecule has 1 unspecified atom stereocenters. The lowest BCUT2D eigenvalue weighted by Gasteiger charge is -2.31. The van der Waals surface area contributed by atoms with Crippen molar-refractivity contribution in [1.82, 2.24) is 19.9 Å². The molecule has 0 aromatic carbocycles. The highest BCUT2D eigenvalue weighted by molar-refractivity contribution is 5.92. The van der Waals surface area contributed by atoms with E-state index in [0.29, 0.717) is 30.3 Å². The largest absolute Gasteiger partial charge is 0.435 e. The number of likely N-dealkylation sites (tertiary alicyclic amines) is 1. The molecule has 3 rings (SSSR count). The summed E-state index contributed by atoms with van der Waals surface area (Å²) in [5.74, 6) is 1.18. The maximum atomic E-state index is 12.7. The van der Waals surface area contributed by atoms with Crippen molar-refractivity contribution in [2.45, 2.75) is 39.0 Å². The van der Waals surface area contributed by atoms with E-state index in [9.17, 15) is 4.79 Å². The Morgan fingerprint density at radius 2 is 2.36 bits per heavy atom. The molecule has 0 bridgehead atoms. The van der Waals surface area contributed by atoms with Crippen LogP contribution in [0.25, 0.3) is 0 Å². The van der Waals surface area contributed by atoms with E-state index >= 15 is 0 Å². The van der Waals surface area contributed by atoms with Crippen LogP contribution in [0.4, 0.5) is 0 Å². The first kappa shape index (κ1) is 14.7. The number of carbonyl (C=O) groups is 1. The molecule has 1 aliphatic heterocycles. The van der Waals surface area contributed by atoms with Crippen molar-refractivity contribution >= 4 is 5.91 Å². The van der Waals surface area contributed by atoms with Gasteiger partial charge in [0.1, 0.15) is 6.33 Å². The smallest absolute Gasteiger partial charge is 0.291 e. The van der Waals surface area contributed by atoms with E-state index in [1.165, 1.54) is 0 Å². The molecule has 0 saturated carbocycles. The van der Waals surface area contributed by atoms with Gasteiger partial charge in [-0.25, -0.2) is 15.0 Å². The summed E-state index contributed by atoms with van der Waals surface area (Å²) < 4.78 is 5.59. The van der Waals surface area contributed by atoms with Crippen LogP contribution in [0.15, 0.2) is 23.0 Å². The first-order chi connectivity index (χ1) is 10.7. The van der Waals surface area contributed by atoms with Gasteiger partial charge in [-0.2, -0.15) is 0 Å². The normalized spacial score (nSPS) is 18.5. The SMILES string of the molecule is CCc1nc(C)c(C(=O)N2CCCC(c3ccncn3)C2)o1. The zero-order chi connectivity index (χ0) is 15.5. The summed E-state index contributed by atoms with van der Waals surface area (Å²) in [5, 5.41) is 0. The van der Waals surface area contributed by atoms with Crippen LogP contribution in [0.1, 0.15) is 53.5 Å². The van der Waals surface area contributed by atoms with Gasteiger partial charge in [0.2, 0.25) is 5.76 Å². The van der Waals surface area contributed by atoms with Crippen molar-refractivity contribution in [2.75, 3.05) is 13.1 Å². The van der Waals surface area contributed by atoms with E-state index in [1.807, 2.05) is 24.8 Å². The standard InChI is InChI=1S/C16H20N4O2/c1-3-14-19-11(2)15(22-14)16(21)20-8-4-5-12(9-20)13-6-7-17-10-18-13/h6-7,10,12H,3-5,8-9H2,1-2H3. The Labute approximate surface area is 129 Å². The third kappa shape index (κ3) is 2.86. The van der Waals surface area contributed by atoms with Crippen molar-refractivity contribution in [3.63, 3.8) is 0 Å². The van der Waals surface area contributed by atoms with E-state index in [-0.39, 0.29) is 11.8 Å². The van der Waals surface area contributed by atoms with Gasteiger partial charge in [-0.3, -0.25) is 4.79 Å². The molecule has 116 valence electrons. The van der Waals surface area contributed by atoms with Crippen LogP contribution in [0.3, 0.4) is 0 Å². The maximum absolute atomic E-state index is 12.7. The Balaban J connectivity index is 1.76. The van der Waals surface area contributed by atoms with Crippen LogP contribution in [-0.2, 0) is 6.42 Å². The summed E-state index contributed by atoms with van der Waals surface area (Å²) in [6.45, 7) is 5.20. The molecule has 1 fully saturated rings. The quantitative estimate of drug-likeness (QED) is 0.870. The molecular weight excluding hydrogens is 280 g/mol. The molecule has 1 atom stereocenters. The van der Waals surface area contributed by atoms with E-state index in [4.69, 9.17) is 4.42 Å². The number of aromatic nitrogens is 3. The molecule has 2 aromatic heterocycles. The van der Waals surface area contributed by atoms with Gasteiger partial charge >= 0.3 is 0 Å². The molecule has 1 saturated heterocycles. The van der Waals surface area contributed by atoms with Crippen LogP contribution in [0.5, 0.6) is 0 Å². The lowest BCUT2D eigenvalue weighted by molar-refractivity contribution is 0.0671. The van der Waals surface area contributed by atoms with E-state index in [0.717, 1.165) is 25.1 Å². The number of oxazole rings is 1. The second-order valence-electron chi connectivity index (χ2n) is 5.60. The molecule has 0 spiro atoms. The van der Waals surface area contributed by atoms with Crippen molar-refractivity contribution < 1.29 is 9.21 Å². The number of nitrogens with zero attached hydrogens (tertiary/aromatic N) is 4. The first-order valence-electron chi connectivity index (χ1n) is 7.70. The van der Waals surface area contributed by atoms with Crippen molar-refractivity contribution in [1.29, 1.82) is 0 Å². The first-order valence-corrected chi connectivity index (χ1v) is 7.70. The molecule has 1 amide bonds. The lowest BCUT2D eigenvalue weighted by Crippen LogP contribution is -2.39. The van der Waals surface area contributed by atoms with Crippen LogP contribution < -0.4 is 0 Å². The second-order valence-corrected chi connectivity index (χ2v) is 5.60. The average Bonchev–Trinajstić information content (AvgIpc) is 2.96. The van der Waals surface area contributed by atoms with Crippen LogP contribution in [0.2, 0.25) is 0 Å². The van der Waals surface area contributed by atoms with Gasteiger partial charge in [0.15, 0.2) is 5.89 Å². The fourth-order valence-electron chi connectivity index (χ4n) is 2.89. The summed E-state index contributed by atoms with van der Waals surface area (Å²) in [6.07, 6.45) is 6.00. The number of hydrogen-bond acceptors (Lipinski definition) is 5.